The predicted molar refractivity (Wildman–Crippen MR) is 186 cm³/mol. The lowest BCUT2D eigenvalue weighted by Crippen LogP contribution is -2.54. The van der Waals surface area contributed by atoms with Gasteiger partial charge in [-0.25, -0.2) is 17.7 Å². The molecule has 1 aromatic heterocycles. The van der Waals surface area contributed by atoms with Gasteiger partial charge < -0.3 is 18.8 Å². The van der Waals surface area contributed by atoms with Gasteiger partial charge in [-0.3, -0.25) is 14.6 Å². The summed E-state index contributed by atoms with van der Waals surface area (Å²) in [6, 6.07) is 16.4. The number of likely N-dealkylation sites (N-methyl/N-ethyl adjacent to an activating group) is 1. The number of carbonyl (C=O) groups excluding carboxylic acids is 1. The third-order valence-electron chi connectivity index (χ3n) is 9.92. The van der Waals surface area contributed by atoms with Gasteiger partial charge in [0, 0.05) is 55.4 Å². The monoisotopic (exact) mass is 705 g/mol. The van der Waals surface area contributed by atoms with Gasteiger partial charge in [0.05, 0.1) is 37.0 Å². The van der Waals surface area contributed by atoms with Gasteiger partial charge in [-0.15, -0.1) is 0 Å². The number of methoxy groups -OCH3 is 2. The molecule has 0 aliphatic carbocycles. The second-order valence-corrected chi connectivity index (χ2v) is 15.1. The maximum absolute atomic E-state index is 15.6. The first-order valence-electron chi connectivity index (χ1n) is 16.4. The fourth-order valence-electron chi connectivity index (χ4n) is 7.48. The van der Waals surface area contributed by atoms with E-state index >= 15 is 4.79 Å². The molecule has 1 unspecified atom stereocenters. The second-order valence-electron chi connectivity index (χ2n) is 12.9. The Hall–Kier alpha value is -3.94. The van der Waals surface area contributed by atoms with Crippen LogP contribution in [-0.2, 0) is 26.9 Å². The molecule has 11 nitrogen and oxygen atoms in total. The molecule has 4 heterocycles. The number of aromatic nitrogens is 1. The zero-order valence-corrected chi connectivity index (χ0v) is 29.6. The van der Waals surface area contributed by atoms with Gasteiger partial charge in [-0.05, 0) is 87.0 Å². The number of likely N-dealkylation sites (tertiary alicyclic amines) is 1. The maximum Gasteiger partial charge on any atom is 0.271 e. The van der Waals surface area contributed by atoms with Crippen molar-refractivity contribution in [1.29, 1.82) is 0 Å². The molecule has 3 aromatic carbocycles. The summed E-state index contributed by atoms with van der Waals surface area (Å²) in [5, 5.41) is 0.370. The van der Waals surface area contributed by atoms with Crippen molar-refractivity contribution >= 4 is 33.2 Å². The topological polar surface area (TPSA) is 109 Å². The number of nitrogens with zero attached hydrogens (tertiary/aromatic N) is 5. The van der Waals surface area contributed by atoms with E-state index in [0.29, 0.717) is 58.8 Å². The number of oxazole rings is 1. The number of ether oxygens (including phenoxy) is 2. The summed E-state index contributed by atoms with van der Waals surface area (Å²) in [6.07, 6.45) is 3.04. The van der Waals surface area contributed by atoms with E-state index in [1.54, 1.807) is 43.6 Å². The van der Waals surface area contributed by atoms with Crippen LogP contribution >= 0.6 is 11.6 Å². The minimum absolute atomic E-state index is 0.0459. The number of aryl methyl sites for hydroxylation is 1. The van der Waals surface area contributed by atoms with Crippen molar-refractivity contribution < 1.29 is 27.1 Å². The number of hydrogen-bond acceptors (Lipinski definition) is 10. The number of benzene rings is 3. The molecule has 3 aliphatic rings. The number of carbonyl (C=O) groups is 1. The van der Waals surface area contributed by atoms with Crippen molar-refractivity contribution in [2.24, 2.45) is 0 Å². The van der Waals surface area contributed by atoms with Crippen molar-refractivity contribution in [1.82, 2.24) is 19.7 Å². The average Bonchev–Trinajstić information content (AvgIpc) is 3.82. The lowest BCUT2D eigenvalue weighted by atomic mass is 9.80. The maximum atomic E-state index is 15.6. The molecular formula is C36H40ClN5O6S. The Bertz CT molecular complexity index is 1980. The molecule has 3 aliphatic heterocycles. The van der Waals surface area contributed by atoms with Crippen molar-refractivity contribution in [3.63, 3.8) is 0 Å². The van der Waals surface area contributed by atoms with E-state index in [1.807, 2.05) is 30.0 Å². The lowest BCUT2D eigenvalue weighted by Gasteiger charge is -2.41. The van der Waals surface area contributed by atoms with Crippen LogP contribution in [0.4, 0.5) is 5.69 Å². The number of fused-ring (bicyclic) bond motifs is 1. The van der Waals surface area contributed by atoms with Crippen LogP contribution in [0.25, 0.3) is 0 Å². The fourth-order valence-corrected chi connectivity index (χ4v) is 9.11. The van der Waals surface area contributed by atoms with Crippen LogP contribution in [0.2, 0.25) is 5.02 Å². The smallest absolute Gasteiger partial charge is 0.271 e. The van der Waals surface area contributed by atoms with Crippen LogP contribution in [0.5, 0.6) is 11.5 Å². The largest absolute Gasteiger partial charge is 0.497 e. The van der Waals surface area contributed by atoms with E-state index in [2.05, 4.69) is 21.8 Å². The molecule has 0 N–H and O–H groups in total. The highest BCUT2D eigenvalue weighted by molar-refractivity contribution is 7.93. The minimum Gasteiger partial charge on any atom is -0.497 e. The van der Waals surface area contributed by atoms with E-state index in [0.717, 1.165) is 42.5 Å². The Morgan fingerprint density at radius 3 is 2.39 bits per heavy atom. The van der Waals surface area contributed by atoms with E-state index in [1.165, 1.54) is 19.2 Å². The van der Waals surface area contributed by atoms with E-state index < -0.39 is 27.5 Å². The first-order chi connectivity index (χ1) is 23.6. The fraction of sp³-hybridized carbons (Fsp3) is 0.389. The highest BCUT2D eigenvalue weighted by Crippen LogP contribution is 2.57. The Kier molecular flexibility index (Phi) is 8.95. The SMILES string of the molecule is COc1ccc(S(=O)(=O)N2C(=O)C(c3cc(CN4CCN(C)CC4)ccc3OC)(N3CCC[C@H]3c3ncc(C)o3)c3cc(Cl)ccc32)cc1. The zero-order chi connectivity index (χ0) is 34.5. The number of rotatable bonds is 9. The van der Waals surface area contributed by atoms with Gasteiger partial charge in [-0.1, -0.05) is 17.7 Å². The van der Waals surface area contributed by atoms with Crippen molar-refractivity contribution in [3.05, 3.63) is 100 Å². The Balaban J connectivity index is 1.47. The van der Waals surface area contributed by atoms with E-state index in [4.69, 9.17) is 25.5 Å². The number of anilines is 1. The Morgan fingerprint density at radius 2 is 1.71 bits per heavy atom. The minimum atomic E-state index is -4.42. The third-order valence-corrected chi connectivity index (χ3v) is 11.9. The second kappa shape index (κ2) is 13.1. The lowest BCUT2D eigenvalue weighted by molar-refractivity contribution is -0.127. The molecule has 0 radical (unpaired) electrons. The van der Waals surface area contributed by atoms with Gasteiger partial charge in [-0.2, -0.15) is 0 Å². The quantitative estimate of drug-likeness (QED) is 0.230. The molecule has 0 spiro atoms. The van der Waals surface area contributed by atoms with Crippen LogP contribution in [0.15, 0.2) is 76.2 Å². The predicted octanol–water partition coefficient (Wildman–Crippen LogP) is 5.22. The molecule has 49 heavy (non-hydrogen) atoms. The number of amides is 1. The zero-order valence-electron chi connectivity index (χ0n) is 28.1. The summed E-state index contributed by atoms with van der Waals surface area (Å²) in [5.41, 5.74) is 0.540. The summed E-state index contributed by atoms with van der Waals surface area (Å²) >= 11 is 6.72. The molecule has 1 amide bonds. The van der Waals surface area contributed by atoms with Crippen molar-refractivity contribution in [2.75, 3.05) is 58.3 Å². The average molecular weight is 706 g/mol. The van der Waals surface area contributed by atoms with Gasteiger partial charge in [0.2, 0.25) is 5.89 Å². The molecular weight excluding hydrogens is 666 g/mol. The number of sulfonamides is 1. The summed E-state index contributed by atoms with van der Waals surface area (Å²) < 4.78 is 47.6. The highest BCUT2D eigenvalue weighted by Gasteiger charge is 2.63. The van der Waals surface area contributed by atoms with E-state index in [9.17, 15) is 8.42 Å². The summed E-state index contributed by atoms with van der Waals surface area (Å²) in [6.45, 7) is 6.69. The first kappa shape index (κ1) is 33.6. The third kappa shape index (κ3) is 5.69. The standard InChI is InChI=1S/C36H40ClN5O6S/c1-24-22-38-34(48-24)32-6-5-15-41(32)36(30-20-25(7-14-33(30)47-4)23-40-18-16-39(2)17-19-40)29-21-26(37)8-13-31(29)42(35(36)43)49(44,45)28-11-9-27(46-3)10-12-28/h7-14,20-22,32H,5-6,15-19,23H2,1-4H3/t32-,36?/m0/s1. The molecule has 258 valence electrons. The number of piperazine rings is 1. The van der Waals surface area contributed by atoms with Crippen LogP contribution in [0, 0.1) is 6.92 Å². The molecule has 4 aromatic rings. The van der Waals surface area contributed by atoms with Gasteiger partial charge in [0.1, 0.15) is 17.3 Å². The summed E-state index contributed by atoms with van der Waals surface area (Å²) in [7, 11) is 0.776. The van der Waals surface area contributed by atoms with Gasteiger partial charge >= 0.3 is 0 Å². The Morgan fingerprint density at radius 1 is 0.959 bits per heavy atom. The molecule has 2 fully saturated rings. The first-order valence-corrected chi connectivity index (χ1v) is 18.2. The molecule has 13 heteroatoms. The number of hydrogen-bond donors (Lipinski definition) is 0. The van der Waals surface area contributed by atoms with E-state index in [-0.39, 0.29) is 10.6 Å². The molecule has 0 saturated carbocycles. The highest BCUT2D eigenvalue weighted by atomic mass is 35.5. The van der Waals surface area contributed by atoms with Crippen LogP contribution in [0.1, 0.15) is 47.2 Å². The molecule has 2 atom stereocenters. The Labute approximate surface area is 292 Å². The van der Waals surface area contributed by atoms with Gasteiger partial charge in [0.15, 0.2) is 5.54 Å². The van der Waals surface area contributed by atoms with Crippen molar-refractivity contribution in [2.45, 2.75) is 42.8 Å². The van der Waals surface area contributed by atoms with Crippen LogP contribution < -0.4 is 13.8 Å². The summed E-state index contributed by atoms with van der Waals surface area (Å²) in [5.74, 6) is 1.42. The summed E-state index contributed by atoms with van der Waals surface area (Å²) in [4.78, 5) is 26.9. The van der Waals surface area contributed by atoms with Crippen LogP contribution in [0.3, 0.4) is 0 Å². The van der Waals surface area contributed by atoms with Gasteiger partial charge in [0.25, 0.3) is 15.9 Å². The normalized spacial score (nSPS) is 22.1. The van der Waals surface area contributed by atoms with Crippen molar-refractivity contribution in [3.8, 4) is 11.5 Å². The van der Waals surface area contributed by atoms with Crippen LogP contribution in [-0.4, -0.2) is 88.0 Å². The molecule has 0 bridgehead atoms. The molecule has 7 rings (SSSR count). The molecule has 2 saturated heterocycles. The number of halogens is 1.